The second-order valence-corrected chi connectivity index (χ2v) is 7.50. The number of amides is 2. The zero-order valence-electron chi connectivity index (χ0n) is 17.5. The van der Waals surface area contributed by atoms with E-state index in [1.54, 1.807) is 7.11 Å². The van der Waals surface area contributed by atoms with Crippen molar-refractivity contribution in [1.82, 2.24) is 15.5 Å². The number of nitrogens with one attached hydrogen (secondary N) is 2. The van der Waals surface area contributed by atoms with Crippen molar-refractivity contribution in [2.24, 2.45) is 0 Å². The van der Waals surface area contributed by atoms with Gasteiger partial charge in [-0.25, -0.2) is 4.79 Å². The smallest absolute Gasteiger partial charge is 0.315 e. The fourth-order valence-corrected chi connectivity index (χ4v) is 3.56. The Morgan fingerprint density at radius 1 is 1.17 bits per heavy atom. The van der Waals surface area contributed by atoms with Crippen LogP contribution in [0.15, 0.2) is 42.5 Å². The van der Waals surface area contributed by atoms with Crippen molar-refractivity contribution >= 4 is 6.03 Å². The fourth-order valence-electron chi connectivity index (χ4n) is 3.56. The lowest BCUT2D eigenvalue weighted by molar-refractivity contribution is 0.0342. The summed E-state index contributed by atoms with van der Waals surface area (Å²) in [6.07, 6.45) is 0. The van der Waals surface area contributed by atoms with Crippen LogP contribution < -0.4 is 15.4 Å². The lowest BCUT2D eigenvalue weighted by atomic mass is 10.0. The number of carbonyl (C=O) groups excluding carboxylic acids is 1. The van der Waals surface area contributed by atoms with Gasteiger partial charge in [-0.3, -0.25) is 4.90 Å². The third kappa shape index (κ3) is 6.21. The molecule has 6 heteroatoms. The van der Waals surface area contributed by atoms with E-state index in [0.29, 0.717) is 6.54 Å². The normalized spacial score (nSPS) is 15.6. The largest absolute Gasteiger partial charge is 0.496 e. The van der Waals surface area contributed by atoms with Crippen molar-refractivity contribution in [3.05, 3.63) is 64.7 Å². The van der Waals surface area contributed by atoms with E-state index < -0.39 is 0 Å². The van der Waals surface area contributed by atoms with Gasteiger partial charge in [0.2, 0.25) is 0 Å². The lowest BCUT2D eigenvalue weighted by Gasteiger charge is -2.26. The number of rotatable bonds is 7. The zero-order valence-corrected chi connectivity index (χ0v) is 17.5. The van der Waals surface area contributed by atoms with E-state index in [1.807, 2.05) is 44.2 Å². The van der Waals surface area contributed by atoms with Crippen LogP contribution in [0, 0.1) is 6.92 Å². The summed E-state index contributed by atoms with van der Waals surface area (Å²) in [6, 6.07) is 14.0. The quantitative estimate of drug-likeness (QED) is 0.752. The van der Waals surface area contributed by atoms with Crippen LogP contribution >= 0.6 is 0 Å². The van der Waals surface area contributed by atoms with E-state index in [0.717, 1.165) is 55.3 Å². The number of morpholine rings is 1. The summed E-state index contributed by atoms with van der Waals surface area (Å²) in [5.41, 5.74) is 4.44. The van der Waals surface area contributed by atoms with Crippen LogP contribution in [0.25, 0.3) is 0 Å². The first kappa shape index (κ1) is 21.1. The summed E-state index contributed by atoms with van der Waals surface area (Å²) in [5.74, 6) is 0.777. The number of benzene rings is 2. The molecule has 0 aliphatic carbocycles. The van der Waals surface area contributed by atoms with Crippen LogP contribution in [-0.4, -0.2) is 44.3 Å². The van der Waals surface area contributed by atoms with Crippen molar-refractivity contribution in [3.8, 4) is 5.75 Å². The van der Waals surface area contributed by atoms with Crippen molar-refractivity contribution in [2.45, 2.75) is 33.0 Å². The molecule has 1 heterocycles. The SMILES string of the molecule is COc1ccc(C)cc1C(C)NC(=O)NCc1cccc(CN2CCOCC2)c1. The van der Waals surface area contributed by atoms with Crippen LogP contribution in [0.4, 0.5) is 4.79 Å². The molecule has 0 saturated carbocycles. The Bertz CT molecular complexity index is 819. The summed E-state index contributed by atoms with van der Waals surface area (Å²) in [5, 5.41) is 5.95. The average Bonchev–Trinajstić information content (AvgIpc) is 2.73. The van der Waals surface area contributed by atoms with Gasteiger partial charge in [0.1, 0.15) is 5.75 Å². The summed E-state index contributed by atoms with van der Waals surface area (Å²) in [6.45, 7) is 8.90. The number of hydrogen-bond donors (Lipinski definition) is 2. The molecular weight excluding hydrogens is 366 g/mol. The number of nitrogens with zero attached hydrogens (tertiary/aromatic N) is 1. The molecule has 1 aliphatic rings. The van der Waals surface area contributed by atoms with E-state index in [9.17, 15) is 4.79 Å². The summed E-state index contributed by atoms with van der Waals surface area (Å²) < 4.78 is 10.8. The van der Waals surface area contributed by atoms with Gasteiger partial charge in [-0.2, -0.15) is 0 Å². The Morgan fingerprint density at radius 2 is 1.93 bits per heavy atom. The van der Waals surface area contributed by atoms with E-state index in [2.05, 4.69) is 27.7 Å². The third-order valence-electron chi connectivity index (χ3n) is 5.15. The van der Waals surface area contributed by atoms with E-state index in [4.69, 9.17) is 9.47 Å². The molecule has 2 amide bonds. The Labute approximate surface area is 173 Å². The predicted octanol–water partition coefficient (Wildman–Crippen LogP) is 3.40. The first-order valence-corrected chi connectivity index (χ1v) is 10.1. The molecule has 1 saturated heterocycles. The highest BCUT2D eigenvalue weighted by atomic mass is 16.5. The first-order chi connectivity index (χ1) is 14.0. The fraction of sp³-hybridized carbons (Fsp3) is 0.435. The molecule has 1 aliphatic heterocycles. The summed E-state index contributed by atoms with van der Waals surface area (Å²) in [7, 11) is 1.64. The number of urea groups is 1. The molecule has 0 spiro atoms. The van der Waals surface area contributed by atoms with Gasteiger partial charge in [-0.05, 0) is 31.0 Å². The van der Waals surface area contributed by atoms with Gasteiger partial charge in [0.05, 0.1) is 26.4 Å². The molecule has 2 aromatic carbocycles. The molecule has 1 atom stereocenters. The minimum absolute atomic E-state index is 0.155. The Morgan fingerprint density at radius 3 is 2.69 bits per heavy atom. The first-order valence-electron chi connectivity index (χ1n) is 10.1. The monoisotopic (exact) mass is 397 g/mol. The highest BCUT2D eigenvalue weighted by molar-refractivity contribution is 5.74. The highest BCUT2D eigenvalue weighted by Gasteiger charge is 2.14. The van der Waals surface area contributed by atoms with Gasteiger partial charge < -0.3 is 20.1 Å². The molecular formula is C23H31N3O3. The molecule has 0 radical (unpaired) electrons. The number of methoxy groups -OCH3 is 1. The van der Waals surface area contributed by atoms with E-state index in [1.165, 1.54) is 5.56 Å². The van der Waals surface area contributed by atoms with Gasteiger partial charge in [-0.1, -0.05) is 42.0 Å². The van der Waals surface area contributed by atoms with Gasteiger partial charge in [0.15, 0.2) is 0 Å². The molecule has 0 bridgehead atoms. The number of carbonyl (C=O) groups is 1. The molecule has 1 fully saturated rings. The van der Waals surface area contributed by atoms with Crippen molar-refractivity contribution in [1.29, 1.82) is 0 Å². The lowest BCUT2D eigenvalue weighted by Crippen LogP contribution is -2.37. The van der Waals surface area contributed by atoms with Crippen LogP contribution in [0.5, 0.6) is 5.75 Å². The van der Waals surface area contributed by atoms with E-state index >= 15 is 0 Å². The van der Waals surface area contributed by atoms with Crippen LogP contribution in [0.3, 0.4) is 0 Å². The molecule has 2 aromatic rings. The molecule has 156 valence electrons. The van der Waals surface area contributed by atoms with Crippen LogP contribution in [-0.2, 0) is 17.8 Å². The Hall–Kier alpha value is -2.57. The topological polar surface area (TPSA) is 62.8 Å². The molecule has 3 rings (SSSR count). The minimum atomic E-state index is -0.195. The molecule has 0 aromatic heterocycles. The molecule has 6 nitrogen and oxygen atoms in total. The second kappa shape index (κ2) is 10.3. The molecule has 1 unspecified atom stereocenters. The Kier molecular flexibility index (Phi) is 7.49. The van der Waals surface area contributed by atoms with Crippen LogP contribution in [0.1, 0.15) is 35.2 Å². The maximum Gasteiger partial charge on any atom is 0.315 e. The predicted molar refractivity (Wildman–Crippen MR) is 114 cm³/mol. The van der Waals surface area contributed by atoms with Gasteiger partial charge in [0.25, 0.3) is 0 Å². The molecule has 2 N–H and O–H groups in total. The van der Waals surface area contributed by atoms with Crippen molar-refractivity contribution in [2.75, 3.05) is 33.4 Å². The van der Waals surface area contributed by atoms with Crippen molar-refractivity contribution in [3.63, 3.8) is 0 Å². The number of aryl methyl sites for hydroxylation is 1. The summed E-state index contributed by atoms with van der Waals surface area (Å²) >= 11 is 0. The van der Waals surface area contributed by atoms with E-state index in [-0.39, 0.29) is 12.1 Å². The number of hydrogen-bond acceptors (Lipinski definition) is 4. The summed E-state index contributed by atoms with van der Waals surface area (Å²) in [4.78, 5) is 14.8. The number of ether oxygens (including phenoxy) is 2. The van der Waals surface area contributed by atoms with Crippen LogP contribution in [0.2, 0.25) is 0 Å². The van der Waals surface area contributed by atoms with Gasteiger partial charge in [-0.15, -0.1) is 0 Å². The third-order valence-corrected chi connectivity index (χ3v) is 5.15. The Balaban J connectivity index is 1.52. The maximum absolute atomic E-state index is 12.4. The zero-order chi connectivity index (χ0) is 20.6. The second-order valence-electron chi connectivity index (χ2n) is 7.50. The average molecular weight is 398 g/mol. The van der Waals surface area contributed by atoms with Crippen molar-refractivity contribution < 1.29 is 14.3 Å². The maximum atomic E-state index is 12.4. The standard InChI is InChI=1S/C23H31N3O3/c1-17-7-8-22(28-3)21(13-17)18(2)25-23(27)24-15-19-5-4-6-20(14-19)16-26-9-11-29-12-10-26/h4-8,13-14,18H,9-12,15-16H2,1-3H3,(H2,24,25,27). The minimum Gasteiger partial charge on any atom is -0.496 e. The van der Waals surface area contributed by atoms with Gasteiger partial charge in [0, 0.05) is 31.7 Å². The van der Waals surface area contributed by atoms with Gasteiger partial charge >= 0.3 is 6.03 Å². The highest BCUT2D eigenvalue weighted by Crippen LogP contribution is 2.25. The molecule has 29 heavy (non-hydrogen) atoms.